The highest BCUT2D eigenvalue weighted by molar-refractivity contribution is 6.32. The largest absolute Gasteiger partial charge is 0.495 e. The van der Waals surface area contributed by atoms with Gasteiger partial charge in [-0.05, 0) is 31.5 Å². The Morgan fingerprint density at radius 2 is 2.04 bits per heavy atom. The van der Waals surface area contributed by atoms with Crippen LogP contribution in [0.25, 0.3) is 16.8 Å². The third-order valence-corrected chi connectivity index (χ3v) is 3.90. The minimum atomic E-state index is -1.14. The summed E-state index contributed by atoms with van der Waals surface area (Å²) in [6, 6.07) is 5.34. The van der Waals surface area contributed by atoms with E-state index in [1.165, 1.54) is 11.6 Å². The van der Waals surface area contributed by atoms with Gasteiger partial charge in [-0.1, -0.05) is 17.7 Å². The Morgan fingerprint density at radius 1 is 1.30 bits per heavy atom. The lowest BCUT2D eigenvalue weighted by Gasteiger charge is -2.06. The molecule has 0 atom stereocenters. The van der Waals surface area contributed by atoms with Crippen LogP contribution in [0.5, 0.6) is 5.75 Å². The van der Waals surface area contributed by atoms with Crippen LogP contribution in [-0.2, 0) is 0 Å². The Balaban J connectivity index is 2.29. The van der Waals surface area contributed by atoms with Crippen LogP contribution in [0, 0.1) is 13.8 Å². The summed E-state index contributed by atoms with van der Waals surface area (Å²) in [6.45, 7) is 3.47. The molecule has 0 aliphatic heterocycles. The molecule has 7 nitrogen and oxygen atoms in total. The Kier molecular flexibility index (Phi) is 3.65. The number of halogens is 1. The predicted octanol–water partition coefficient (Wildman–Crippen LogP) is 2.77. The number of methoxy groups -OCH3 is 1. The lowest BCUT2D eigenvalue weighted by Crippen LogP contribution is -2.10. The van der Waals surface area contributed by atoms with Gasteiger partial charge in [0.25, 0.3) is 0 Å². The monoisotopic (exact) mass is 332 g/mol. The van der Waals surface area contributed by atoms with E-state index in [4.69, 9.17) is 21.4 Å². The number of fused-ring (bicyclic) bond motifs is 1. The van der Waals surface area contributed by atoms with Crippen LogP contribution in [0.3, 0.4) is 0 Å². The van der Waals surface area contributed by atoms with E-state index < -0.39 is 5.97 Å². The van der Waals surface area contributed by atoms with Crippen molar-refractivity contribution < 1.29 is 14.6 Å². The Hall–Kier alpha value is -2.67. The number of aromatic carboxylic acids is 1. The van der Waals surface area contributed by atoms with Gasteiger partial charge in [0, 0.05) is 0 Å². The molecule has 2 heterocycles. The highest BCUT2D eigenvalue weighted by Gasteiger charge is 2.20. The van der Waals surface area contributed by atoms with E-state index in [2.05, 4.69) is 15.3 Å². The van der Waals surface area contributed by atoms with Crippen LogP contribution in [-0.4, -0.2) is 38.0 Å². The van der Waals surface area contributed by atoms with E-state index in [0.29, 0.717) is 27.8 Å². The normalized spacial score (nSPS) is 11.0. The lowest BCUT2D eigenvalue weighted by atomic mass is 10.1. The molecule has 0 aliphatic carbocycles. The summed E-state index contributed by atoms with van der Waals surface area (Å²) in [5.74, 6) is -0.602. The molecule has 0 radical (unpaired) electrons. The molecule has 0 fully saturated rings. The first-order chi connectivity index (χ1) is 10.9. The van der Waals surface area contributed by atoms with E-state index in [-0.39, 0.29) is 5.69 Å². The Bertz CT molecular complexity index is 936. The van der Waals surface area contributed by atoms with Crippen molar-refractivity contribution in [3.8, 4) is 16.9 Å². The topological polar surface area (TPSA) is 89.6 Å². The Morgan fingerprint density at radius 3 is 2.70 bits per heavy atom. The molecule has 3 aromatic rings. The third kappa shape index (κ3) is 2.39. The predicted molar refractivity (Wildman–Crippen MR) is 84.2 cm³/mol. The molecule has 0 unspecified atom stereocenters. The molecular formula is C15H13ClN4O3. The maximum Gasteiger partial charge on any atom is 0.358 e. The number of rotatable bonds is 3. The molecule has 0 bridgehead atoms. The van der Waals surface area contributed by atoms with Gasteiger partial charge in [-0.3, -0.25) is 0 Å². The van der Waals surface area contributed by atoms with Crippen LogP contribution in [0.1, 0.15) is 21.9 Å². The molecule has 0 amide bonds. The molecule has 1 aromatic carbocycles. The molecular weight excluding hydrogens is 320 g/mol. The van der Waals surface area contributed by atoms with Crippen LogP contribution >= 0.6 is 11.6 Å². The molecule has 0 saturated carbocycles. The van der Waals surface area contributed by atoms with E-state index in [9.17, 15) is 4.79 Å². The zero-order valence-corrected chi connectivity index (χ0v) is 13.4. The van der Waals surface area contributed by atoms with Crippen molar-refractivity contribution in [3.63, 3.8) is 0 Å². The zero-order valence-electron chi connectivity index (χ0n) is 12.7. The van der Waals surface area contributed by atoms with Crippen LogP contribution in [0.2, 0.25) is 5.02 Å². The average Bonchev–Trinajstić information content (AvgIpc) is 2.85. The van der Waals surface area contributed by atoms with Crippen LogP contribution < -0.4 is 4.74 Å². The quantitative estimate of drug-likeness (QED) is 0.793. The molecule has 118 valence electrons. The second kappa shape index (κ2) is 5.51. The van der Waals surface area contributed by atoms with Crippen molar-refractivity contribution >= 4 is 23.2 Å². The zero-order chi connectivity index (χ0) is 16.7. The van der Waals surface area contributed by atoms with Crippen molar-refractivity contribution in [2.24, 2.45) is 0 Å². The van der Waals surface area contributed by atoms with Gasteiger partial charge < -0.3 is 9.84 Å². The number of carboxylic acids is 1. The summed E-state index contributed by atoms with van der Waals surface area (Å²) >= 11 is 6.06. The molecule has 8 heteroatoms. The molecule has 3 rings (SSSR count). The number of carboxylic acid groups (broad SMARTS) is 1. The van der Waals surface area contributed by atoms with Gasteiger partial charge in [-0.25, -0.2) is 9.31 Å². The number of nitrogens with zero attached hydrogens (tertiary/aromatic N) is 4. The standard InChI is InChI=1S/C15H13ClN4O3/c1-7-12(9-4-5-10(16)11(6-9)23-3)14-18-17-13(15(21)22)8(2)20(14)19-7/h4-6H,1-3H3,(H,21,22). The summed E-state index contributed by atoms with van der Waals surface area (Å²) in [5.41, 5.74) is 3.05. The summed E-state index contributed by atoms with van der Waals surface area (Å²) in [4.78, 5) is 11.2. The molecule has 0 spiro atoms. The molecule has 23 heavy (non-hydrogen) atoms. The van der Waals surface area contributed by atoms with Gasteiger partial charge in [0.1, 0.15) is 5.75 Å². The lowest BCUT2D eigenvalue weighted by molar-refractivity contribution is 0.0687. The van der Waals surface area contributed by atoms with Crippen LogP contribution in [0.4, 0.5) is 0 Å². The van der Waals surface area contributed by atoms with Crippen molar-refractivity contribution in [1.82, 2.24) is 19.8 Å². The minimum Gasteiger partial charge on any atom is -0.495 e. The van der Waals surface area contributed by atoms with E-state index in [1.54, 1.807) is 19.1 Å². The maximum atomic E-state index is 11.2. The fraction of sp³-hybridized carbons (Fsp3) is 0.200. The third-order valence-electron chi connectivity index (χ3n) is 3.58. The first-order valence-corrected chi connectivity index (χ1v) is 7.11. The maximum absolute atomic E-state index is 11.2. The first-order valence-electron chi connectivity index (χ1n) is 6.74. The van der Waals surface area contributed by atoms with Gasteiger partial charge in [0.05, 0.1) is 29.1 Å². The Labute approximate surface area is 136 Å². The minimum absolute atomic E-state index is 0.125. The summed E-state index contributed by atoms with van der Waals surface area (Å²) < 4.78 is 6.73. The van der Waals surface area contributed by atoms with Crippen molar-refractivity contribution in [2.45, 2.75) is 13.8 Å². The smallest absolute Gasteiger partial charge is 0.358 e. The van der Waals surface area contributed by atoms with Crippen molar-refractivity contribution in [2.75, 3.05) is 7.11 Å². The molecule has 2 aromatic heterocycles. The average molecular weight is 333 g/mol. The van der Waals surface area contributed by atoms with Crippen LogP contribution in [0.15, 0.2) is 18.2 Å². The van der Waals surface area contributed by atoms with Crippen molar-refractivity contribution in [1.29, 1.82) is 0 Å². The van der Waals surface area contributed by atoms with E-state index in [0.717, 1.165) is 11.1 Å². The summed E-state index contributed by atoms with van der Waals surface area (Å²) in [7, 11) is 1.54. The number of hydrogen-bond acceptors (Lipinski definition) is 5. The molecule has 0 aliphatic rings. The van der Waals surface area contributed by atoms with E-state index >= 15 is 0 Å². The highest BCUT2D eigenvalue weighted by atomic mass is 35.5. The molecule has 0 saturated heterocycles. The highest BCUT2D eigenvalue weighted by Crippen LogP contribution is 2.33. The number of benzene rings is 1. The number of aryl methyl sites for hydroxylation is 2. The van der Waals surface area contributed by atoms with Gasteiger partial charge in [0.15, 0.2) is 11.3 Å². The number of carbonyl (C=O) groups is 1. The first kappa shape index (κ1) is 15.2. The fourth-order valence-electron chi connectivity index (χ4n) is 2.46. The number of hydrogen-bond donors (Lipinski definition) is 1. The number of ether oxygens (including phenoxy) is 1. The number of aromatic nitrogens is 4. The van der Waals surface area contributed by atoms with Crippen molar-refractivity contribution in [3.05, 3.63) is 40.3 Å². The fourth-order valence-corrected chi connectivity index (χ4v) is 2.66. The van der Waals surface area contributed by atoms with Gasteiger partial charge >= 0.3 is 5.97 Å². The van der Waals surface area contributed by atoms with Gasteiger partial charge in [0.2, 0.25) is 0 Å². The second-order valence-electron chi connectivity index (χ2n) is 4.98. The summed E-state index contributed by atoms with van der Waals surface area (Å²) in [5, 5.41) is 21.9. The van der Waals surface area contributed by atoms with Gasteiger partial charge in [-0.2, -0.15) is 5.10 Å². The second-order valence-corrected chi connectivity index (χ2v) is 5.39. The van der Waals surface area contributed by atoms with E-state index in [1.807, 2.05) is 13.0 Å². The summed E-state index contributed by atoms with van der Waals surface area (Å²) in [6.07, 6.45) is 0. The van der Waals surface area contributed by atoms with Gasteiger partial charge in [-0.15, -0.1) is 10.2 Å². The SMILES string of the molecule is COc1cc(-c2c(C)nn3c(C)c(C(=O)O)nnc23)ccc1Cl. The molecule has 1 N–H and O–H groups in total.